The summed E-state index contributed by atoms with van der Waals surface area (Å²) in [4.78, 5) is 23.0. The zero-order valence-electron chi connectivity index (χ0n) is 17.3. The Morgan fingerprint density at radius 1 is 1.00 bits per heavy atom. The molecule has 4 aromatic rings. The first-order chi connectivity index (χ1) is 15.7. The van der Waals surface area contributed by atoms with E-state index in [0.29, 0.717) is 11.8 Å². The topological polar surface area (TPSA) is 137 Å². The molecule has 3 heterocycles. The van der Waals surface area contributed by atoms with E-state index in [1.807, 2.05) is 30.3 Å². The van der Waals surface area contributed by atoms with Crippen molar-refractivity contribution in [2.75, 3.05) is 41.7 Å². The lowest BCUT2D eigenvalue weighted by molar-refractivity contribution is 0.100. The van der Waals surface area contributed by atoms with Crippen LogP contribution in [0.2, 0.25) is 0 Å². The van der Waals surface area contributed by atoms with Crippen molar-refractivity contribution in [3.63, 3.8) is 0 Å². The van der Waals surface area contributed by atoms with Crippen molar-refractivity contribution in [3.05, 3.63) is 60.4 Å². The van der Waals surface area contributed by atoms with Gasteiger partial charge in [-0.15, -0.1) is 0 Å². The summed E-state index contributed by atoms with van der Waals surface area (Å²) in [6.07, 6.45) is 3.16. The van der Waals surface area contributed by atoms with E-state index in [-0.39, 0.29) is 5.56 Å². The number of benzene rings is 2. The first kappa shape index (κ1) is 19.8. The smallest absolute Gasteiger partial charge is 0.254 e. The van der Waals surface area contributed by atoms with Crippen LogP contribution in [0.25, 0.3) is 10.9 Å². The third kappa shape index (κ3) is 4.16. The molecular weight excluding hydrogens is 406 g/mol. The van der Waals surface area contributed by atoms with Gasteiger partial charge in [0.15, 0.2) is 0 Å². The quantitative estimate of drug-likeness (QED) is 0.315. The first-order valence-electron chi connectivity index (χ1n) is 10.4. The van der Waals surface area contributed by atoms with Crippen molar-refractivity contribution in [2.24, 2.45) is 5.73 Å². The molecule has 162 valence electrons. The number of aromatic amines is 1. The molecule has 1 fully saturated rings. The van der Waals surface area contributed by atoms with Gasteiger partial charge in [-0.3, -0.25) is 9.89 Å². The zero-order valence-corrected chi connectivity index (χ0v) is 17.3. The fourth-order valence-electron chi connectivity index (χ4n) is 3.68. The molecule has 2 aromatic carbocycles. The molecule has 1 aliphatic heterocycles. The van der Waals surface area contributed by atoms with Crippen molar-refractivity contribution >= 4 is 45.6 Å². The van der Waals surface area contributed by atoms with Gasteiger partial charge in [-0.25, -0.2) is 4.98 Å². The number of amides is 1. The van der Waals surface area contributed by atoms with Crippen LogP contribution in [0.1, 0.15) is 10.4 Å². The summed E-state index contributed by atoms with van der Waals surface area (Å²) >= 11 is 0. The van der Waals surface area contributed by atoms with Crippen molar-refractivity contribution in [1.82, 2.24) is 25.5 Å². The van der Waals surface area contributed by atoms with Gasteiger partial charge in [0.2, 0.25) is 5.95 Å². The molecule has 1 aliphatic rings. The lowest BCUT2D eigenvalue weighted by atomic mass is 10.2. The Labute approximate surface area is 184 Å². The average Bonchev–Trinajstić information content (AvgIpc) is 3.28. The van der Waals surface area contributed by atoms with Crippen molar-refractivity contribution < 1.29 is 4.79 Å². The molecule has 1 saturated heterocycles. The molecule has 1 amide bonds. The molecule has 0 radical (unpaired) electrons. The number of primary amides is 1. The van der Waals surface area contributed by atoms with Crippen LogP contribution in [0.4, 0.5) is 28.8 Å². The van der Waals surface area contributed by atoms with Crippen LogP contribution in [0.15, 0.2) is 54.9 Å². The Morgan fingerprint density at radius 2 is 1.78 bits per heavy atom. The van der Waals surface area contributed by atoms with Gasteiger partial charge in [0.05, 0.1) is 11.7 Å². The number of piperazine rings is 1. The summed E-state index contributed by atoms with van der Waals surface area (Å²) in [5.41, 5.74) is 9.37. The van der Waals surface area contributed by atoms with E-state index in [1.54, 1.807) is 6.20 Å². The molecule has 2 aromatic heterocycles. The SMILES string of the molecule is NC(=O)c1cnc(Nc2ccc(N3CCNCC3)cc2)nc1Nc1ccc2cn[nH]c2c1. The van der Waals surface area contributed by atoms with E-state index < -0.39 is 5.91 Å². The fraction of sp³-hybridized carbons (Fsp3) is 0.182. The number of hydrogen-bond acceptors (Lipinski definition) is 8. The zero-order chi connectivity index (χ0) is 21.9. The highest BCUT2D eigenvalue weighted by molar-refractivity contribution is 5.98. The second-order valence-electron chi connectivity index (χ2n) is 7.53. The van der Waals surface area contributed by atoms with Crippen LogP contribution in [0.5, 0.6) is 0 Å². The molecule has 10 heteroatoms. The summed E-state index contributed by atoms with van der Waals surface area (Å²) in [6, 6.07) is 13.8. The maximum absolute atomic E-state index is 11.9. The number of aromatic nitrogens is 4. The van der Waals surface area contributed by atoms with E-state index in [1.165, 1.54) is 11.9 Å². The van der Waals surface area contributed by atoms with Crippen LogP contribution in [-0.4, -0.2) is 52.3 Å². The van der Waals surface area contributed by atoms with Crippen LogP contribution in [0, 0.1) is 0 Å². The largest absolute Gasteiger partial charge is 0.369 e. The van der Waals surface area contributed by atoms with Gasteiger partial charge in [0.25, 0.3) is 5.91 Å². The highest BCUT2D eigenvalue weighted by atomic mass is 16.1. The minimum atomic E-state index is -0.609. The molecular formula is C22H23N9O. The average molecular weight is 429 g/mol. The fourth-order valence-corrected chi connectivity index (χ4v) is 3.68. The maximum atomic E-state index is 11.9. The van der Waals surface area contributed by atoms with E-state index in [9.17, 15) is 4.79 Å². The van der Waals surface area contributed by atoms with Gasteiger partial charge in [0.1, 0.15) is 11.4 Å². The Hall–Kier alpha value is -4.18. The predicted molar refractivity (Wildman–Crippen MR) is 125 cm³/mol. The first-order valence-corrected chi connectivity index (χ1v) is 10.4. The molecule has 0 spiro atoms. The second kappa shape index (κ2) is 8.52. The number of fused-ring (bicyclic) bond motifs is 1. The van der Waals surface area contributed by atoms with Gasteiger partial charge < -0.3 is 26.6 Å². The number of anilines is 5. The molecule has 10 nitrogen and oxygen atoms in total. The van der Waals surface area contributed by atoms with Crippen molar-refractivity contribution in [2.45, 2.75) is 0 Å². The highest BCUT2D eigenvalue weighted by Crippen LogP contribution is 2.25. The number of carbonyl (C=O) groups excluding carboxylic acids is 1. The van der Waals surface area contributed by atoms with Crippen LogP contribution in [0.3, 0.4) is 0 Å². The monoisotopic (exact) mass is 429 g/mol. The molecule has 0 aliphatic carbocycles. The lowest BCUT2D eigenvalue weighted by Gasteiger charge is -2.29. The van der Waals surface area contributed by atoms with Gasteiger partial charge >= 0.3 is 0 Å². The number of nitrogens with two attached hydrogens (primary N) is 1. The summed E-state index contributed by atoms with van der Waals surface area (Å²) in [7, 11) is 0. The van der Waals surface area contributed by atoms with Crippen molar-refractivity contribution in [1.29, 1.82) is 0 Å². The highest BCUT2D eigenvalue weighted by Gasteiger charge is 2.14. The summed E-state index contributed by atoms with van der Waals surface area (Å²) < 4.78 is 0. The normalized spacial score (nSPS) is 13.8. The third-order valence-electron chi connectivity index (χ3n) is 5.36. The van der Waals surface area contributed by atoms with E-state index in [2.05, 4.69) is 53.1 Å². The Balaban J connectivity index is 1.36. The number of carbonyl (C=O) groups is 1. The third-order valence-corrected chi connectivity index (χ3v) is 5.36. The summed E-state index contributed by atoms with van der Waals surface area (Å²) in [6.45, 7) is 3.96. The van der Waals surface area contributed by atoms with Crippen LogP contribution < -0.4 is 26.6 Å². The molecule has 6 N–H and O–H groups in total. The maximum Gasteiger partial charge on any atom is 0.254 e. The van der Waals surface area contributed by atoms with Crippen molar-refractivity contribution in [3.8, 4) is 0 Å². The standard InChI is InChI=1S/C22H23N9O/c23-20(32)18-13-25-22(28-15-3-5-17(6-4-15)31-9-7-24-8-10-31)29-21(18)27-16-2-1-14-12-26-30-19(14)11-16/h1-6,11-13,24H,7-10H2,(H2,23,32)(H,26,30)(H2,25,27,28,29). The second-order valence-corrected chi connectivity index (χ2v) is 7.53. The molecule has 5 rings (SSSR count). The van der Waals surface area contributed by atoms with Gasteiger partial charge in [-0.1, -0.05) is 0 Å². The minimum Gasteiger partial charge on any atom is -0.369 e. The van der Waals surface area contributed by atoms with Gasteiger partial charge in [-0.05, 0) is 42.5 Å². The molecule has 0 saturated carbocycles. The van der Waals surface area contributed by atoms with Gasteiger partial charge in [0, 0.05) is 54.8 Å². The number of rotatable bonds is 6. The summed E-state index contributed by atoms with van der Waals surface area (Å²) in [5, 5.41) is 17.6. The number of nitrogens with one attached hydrogen (secondary N) is 4. The number of H-pyrrole nitrogens is 1. The van der Waals surface area contributed by atoms with Crippen LogP contribution in [-0.2, 0) is 0 Å². The molecule has 0 bridgehead atoms. The summed E-state index contributed by atoms with van der Waals surface area (Å²) in [5.74, 6) is 0.0726. The Kier molecular flexibility index (Phi) is 5.26. The van der Waals surface area contributed by atoms with E-state index >= 15 is 0 Å². The molecule has 32 heavy (non-hydrogen) atoms. The van der Waals surface area contributed by atoms with Crippen LogP contribution >= 0.6 is 0 Å². The lowest BCUT2D eigenvalue weighted by Crippen LogP contribution is -2.43. The molecule has 0 unspecified atom stereocenters. The minimum absolute atomic E-state index is 0.203. The number of hydrogen-bond donors (Lipinski definition) is 5. The van der Waals surface area contributed by atoms with Gasteiger partial charge in [-0.2, -0.15) is 10.1 Å². The van der Waals surface area contributed by atoms with E-state index in [0.717, 1.165) is 48.5 Å². The Bertz CT molecular complexity index is 1250. The number of nitrogens with zero attached hydrogens (tertiary/aromatic N) is 4. The predicted octanol–water partition coefficient (Wildman–Crippen LogP) is 2.35. The van der Waals surface area contributed by atoms with E-state index in [4.69, 9.17) is 5.73 Å². The Morgan fingerprint density at radius 3 is 2.56 bits per heavy atom. The molecule has 0 atom stereocenters.